The predicted molar refractivity (Wildman–Crippen MR) is 53.7 cm³/mol. The molecule has 0 aromatic heterocycles. The van der Waals surface area contributed by atoms with Gasteiger partial charge in [0.2, 0.25) is 0 Å². The van der Waals surface area contributed by atoms with Gasteiger partial charge >= 0.3 is 0 Å². The molecule has 0 spiro atoms. The number of hydrogen-bond donors (Lipinski definition) is 1. The van der Waals surface area contributed by atoms with Gasteiger partial charge in [0.1, 0.15) is 0 Å². The van der Waals surface area contributed by atoms with E-state index >= 15 is 0 Å². The van der Waals surface area contributed by atoms with Gasteiger partial charge < -0.3 is 10.1 Å². The molecule has 2 heteroatoms. The number of nitrogens with one attached hydrogen (secondary N) is 1. The molecular formula is C11H19NO. The second-order valence-electron chi connectivity index (χ2n) is 4.13. The van der Waals surface area contributed by atoms with Gasteiger partial charge in [0, 0.05) is 12.1 Å². The summed E-state index contributed by atoms with van der Waals surface area (Å²) in [4.78, 5) is 0. The lowest BCUT2D eigenvalue weighted by atomic mass is 10.0. The summed E-state index contributed by atoms with van der Waals surface area (Å²) in [7, 11) is 0. The van der Waals surface area contributed by atoms with Crippen LogP contribution in [0.25, 0.3) is 0 Å². The molecule has 0 saturated carbocycles. The highest BCUT2D eigenvalue weighted by molar-refractivity contribution is 4.93. The lowest BCUT2D eigenvalue weighted by Gasteiger charge is -2.28. The second-order valence-corrected chi connectivity index (χ2v) is 4.13. The van der Waals surface area contributed by atoms with Crippen LogP contribution in [0.4, 0.5) is 0 Å². The summed E-state index contributed by atoms with van der Waals surface area (Å²) in [6.07, 6.45) is 9.79. The molecule has 2 aliphatic rings. The summed E-state index contributed by atoms with van der Waals surface area (Å²) in [5, 5.41) is 3.61. The van der Waals surface area contributed by atoms with E-state index in [1.807, 2.05) is 6.92 Å². The number of hydrogen-bond acceptors (Lipinski definition) is 2. The third-order valence-corrected chi connectivity index (χ3v) is 3.09. The second kappa shape index (κ2) is 4.25. The van der Waals surface area contributed by atoms with Crippen molar-refractivity contribution >= 4 is 0 Å². The van der Waals surface area contributed by atoms with Gasteiger partial charge in [-0.25, -0.2) is 0 Å². The number of fused-ring (bicyclic) bond motifs is 2. The van der Waals surface area contributed by atoms with Crippen LogP contribution in [0, 0.1) is 0 Å². The van der Waals surface area contributed by atoms with Crippen LogP contribution in [-0.4, -0.2) is 24.8 Å². The van der Waals surface area contributed by atoms with E-state index in [9.17, 15) is 0 Å². The molecular weight excluding hydrogens is 162 g/mol. The zero-order chi connectivity index (χ0) is 9.10. The lowest BCUT2D eigenvalue weighted by molar-refractivity contribution is 0.0372. The van der Waals surface area contributed by atoms with Crippen molar-refractivity contribution in [2.24, 2.45) is 0 Å². The first-order valence-corrected chi connectivity index (χ1v) is 5.37. The van der Waals surface area contributed by atoms with E-state index in [1.54, 1.807) is 0 Å². The van der Waals surface area contributed by atoms with Gasteiger partial charge in [-0.3, -0.25) is 0 Å². The molecule has 0 aliphatic carbocycles. The standard InChI is InChI=1S/C11H19NO/c1-2-3-6-13-11-7-9-4-5-10(8-11)12-9/h2-3,9-12H,4-8H2,1H3/b3-2+. The molecule has 74 valence electrons. The van der Waals surface area contributed by atoms with E-state index in [2.05, 4.69) is 17.5 Å². The van der Waals surface area contributed by atoms with E-state index in [-0.39, 0.29) is 0 Å². The van der Waals surface area contributed by atoms with Crippen molar-refractivity contribution in [1.82, 2.24) is 5.32 Å². The first kappa shape index (κ1) is 9.22. The highest BCUT2D eigenvalue weighted by atomic mass is 16.5. The molecule has 2 saturated heterocycles. The Bertz CT molecular complexity index is 179. The Hall–Kier alpha value is -0.340. The molecule has 0 radical (unpaired) electrons. The number of piperidine rings is 1. The quantitative estimate of drug-likeness (QED) is 0.671. The Morgan fingerprint density at radius 3 is 2.62 bits per heavy atom. The third kappa shape index (κ3) is 2.32. The lowest BCUT2D eigenvalue weighted by Crippen LogP contribution is -2.41. The van der Waals surface area contributed by atoms with Gasteiger partial charge in [0.15, 0.2) is 0 Å². The predicted octanol–water partition coefficient (Wildman–Crippen LogP) is 1.86. The minimum atomic E-state index is 0.509. The summed E-state index contributed by atoms with van der Waals surface area (Å²) < 4.78 is 5.78. The summed E-state index contributed by atoms with van der Waals surface area (Å²) >= 11 is 0. The van der Waals surface area contributed by atoms with Gasteiger partial charge in [-0.05, 0) is 32.6 Å². The van der Waals surface area contributed by atoms with Crippen LogP contribution in [0.5, 0.6) is 0 Å². The Labute approximate surface area is 80.4 Å². The minimum Gasteiger partial charge on any atom is -0.374 e. The van der Waals surface area contributed by atoms with Crippen LogP contribution in [0.2, 0.25) is 0 Å². The van der Waals surface area contributed by atoms with Crippen molar-refractivity contribution in [3.8, 4) is 0 Å². The molecule has 2 fully saturated rings. The van der Waals surface area contributed by atoms with E-state index in [0.29, 0.717) is 6.10 Å². The first-order valence-electron chi connectivity index (χ1n) is 5.37. The maximum absolute atomic E-state index is 5.78. The van der Waals surface area contributed by atoms with Crippen LogP contribution >= 0.6 is 0 Å². The Morgan fingerprint density at radius 2 is 2.00 bits per heavy atom. The Morgan fingerprint density at radius 1 is 1.31 bits per heavy atom. The van der Waals surface area contributed by atoms with E-state index in [4.69, 9.17) is 4.74 Å². The van der Waals surface area contributed by atoms with Crippen molar-refractivity contribution in [2.45, 2.75) is 50.8 Å². The Kier molecular flexibility index (Phi) is 3.01. The molecule has 1 N–H and O–H groups in total. The monoisotopic (exact) mass is 181 g/mol. The molecule has 2 nitrogen and oxygen atoms in total. The smallest absolute Gasteiger partial charge is 0.0651 e. The summed E-state index contributed by atoms with van der Waals surface area (Å²) in [5.41, 5.74) is 0. The molecule has 2 heterocycles. The van der Waals surface area contributed by atoms with Gasteiger partial charge in [0.05, 0.1) is 12.7 Å². The van der Waals surface area contributed by atoms with Crippen LogP contribution in [-0.2, 0) is 4.74 Å². The molecule has 2 rings (SSSR count). The van der Waals surface area contributed by atoms with Crippen LogP contribution in [0.1, 0.15) is 32.6 Å². The number of rotatable bonds is 3. The zero-order valence-electron chi connectivity index (χ0n) is 8.33. The average Bonchev–Trinajstić information content (AvgIpc) is 2.46. The van der Waals surface area contributed by atoms with Gasteiger partial charge in [-0.1, -0.05) is 12.2 Å². The van der Waals surface area contributed by atoms with E-state index in [1.165, 1.54) is 25.7 Å². The molecule has 2 bridgehead atoms. The van der Waals surface area contributed by atoms with Gasteiger partial charge in [0.25, 0.3) is 0 Å². The highest BCUT2D eigenvalue weighted by Crippen LogP contribution is 2.28. The fourth-order valence-corrected chi connectivity index (χ4v) is 2.43. The molecule has 0 aromatic rings. The highest BCUT2D eigenvalue weighted by Gasteiger charge is 2.33. The molecule has 0 aromatic carbocycles. The van der Waals surface area contributed by atoms with Crippen LogP contribution in [0.15, 0.2) is 12.2 Å². The Balaban J connectivity index is 1.75. The first-order chi connectivity index (χ1) is 6.38. The maximum atomic E-state index is 5.78. The maximum Gasteiger partial charge on any atom is 0.0651 e. The topological polar surface area (TPSA) is 21.3 Å². The van der Waals surface area contributed by atoms with Crippen molar-refractivity contribution in [1.29, 1.82) is 0 Å². The third-order valence-electron chi connectivity index (χ3n) is 3.09. The number of allylic oxidation sites excluding steroid dienone is 1. The molecule has 2 atom stereocenters. The van der Waals surface area contributed by atoms with Crippen molar-refractivity contribution in [2.75, 3.05) is 6.61 Å². The van der Waals surface area contributed by atoms with Crippen molar-refractivity contribution in [3.63, 3.8) is 0 Å². The van der Waals surface area contributed by atoms with Crippen molar-refractivity contribution in [3.05, 3.63) is 12.2 Å². The molecule has 2 aliphatic heterocycles. The van der Waals surface area contributed by atoms with Crippen LogP contribution in [0.3, 0.4) is 0 Å². The largest absolute Gasteiger partial charge is 0.374 e. The summed E-state index contributed by atoms with van der Waals surface area (Å²) in [6, 6.07) is 1.49. The SMILES string of the molecule is C/C=C/COC1CC2CCC(C1)N2. The summed E-state index contributed by atoms with van der Waals surface area (Å²) in [5.74, 6) is 0. The molecule has 0 amide bonds. The average molecular weight is 181 g/mol. The normalized spacial score (nSPS) is 38.7. The molecule has 13 heavy (non-hydrogen) atoms. The van der Waals surface area contributed by atoms with E-state index < -0.39 is 0 Å². The fraction of sp³-hybridized carbons (Fsp3) is 0.818. The minimum absolute atomic E-state index is 0.509. The molecule has 2 unspecified atom stereocenters. The zero-order valence-corrected chi connectivity index (χ0v) is 8.33. The van der Waals surface area contributed by atoms with Crippen LogP contribution < -0.4 is 5.32 Å². The van der Waals surface area contributed by atoms with Gasteiger partial charge in [-0.15, -0.1) is 0 Å². The summed E-state index contributed by atoms with van der Waals surface area (Å²) in [6.45, 7) is 2.83. The van der Waals surface area contributed by atoms with Crippen molar-refractivity contribution < 1.29 is 4.74 Å². The van der Waals surface area contributed by atoms with Gasteiger partial charge in [-0.2, -0.15) is 0 Å². The number of ether oxygens (including phenoxy) is 1. The van der Waals surface area contributed by atoms with E-state index in [0.717, 1.165) is 18.7 Å². The fourth-order valence-electron chi connectivity index (χ4n) is 2.43.